The van der Waals surface area contributed by atoms with Gasteiger partial charge in [-0.15, -0.1) is 10.2 Å². The number of halogens is 1. The van der Waals surface area contributed by atoms with Gasteiger partial charge in [-0.25, -0.2) is 4.68 Å². The molecule has 0 fully saturated rings. The molecule has 4 rings (SSSR count). The van der Waals surface area contributed by atoms with Crippen LogP contribution >= 0.6 is 23.4 Å². The van der Waals surface area contributed by atoms with Crippen LogP contribution in [0.25, 0.3) is 5.69 Å². The Labute approximate surface area is 189 Å². The molecule has 0 saturated carbocycles. The Morgan fingerprint density at radius 1 is 1.10 bits per heavy atom. The lowest BCUT2D eigenvalue weighted by molar-refractivity contribution is -0.115. The maximum Gasteiger partial charge on any atom is 0.228 e. The number of hydrogen-bond donors (Lipinski definition) is 1. The van der Waals surface area contributed by atoms with E-state index in [1.165, 1.54) is 11.8 Å². The number of aromatic nitrogens is 5. The maximum absolute atomic E-state index is 12.7. The molecule has 0 aliphatic heterocycles. The third kappa shape index (κ3) is 4.81. The molecule has 2 aromatic heterocycles. The Balaban J connectivity index is 1.43. The predicted octanol–water partition coefficient (Wildman–Crippen LogP) is 4.60. The molecule has 7 nitrogen and oxygen atoms in total. The number of anilines is 1. The topological polar surface area (TPSA) is 77.6 Å². The second-order valence-corrected chi connectivity index (χ2v) is 8.59. The molecule has 0 atom stereocenters. The monoisotopic (exact) mass is 452 g/mol. The van der Waals surface area contributed by atoms with E-state index in [-0.39, 0.29) is 12.3 Å². The highest BCUT2D eigenvalue weighted by Crippen LogP contribution is 2.26. The summed E-state index contributed by atoms with van der Waals surface area (Å²) in [6, 6.07) is 15.1. The van der Waals surface area contributed by atoms with Gasteiger partial charge in [-0.3, -0.25) is 4.79 Å². The second-order valence-electron chi connectivity index (χ2n) is 7.11. The lowest BCUT2D eigenvalue weighted by Gasteiger charge is -2.08. The van der Waals surface area contributed by atoms with Crippen molar-refractivity contribution in [1.29, 1.82) is 0 Å². The first kappa shape index (κ1) is 21.1. The molecule has 9 heteroatoms. The number of nitrogens with one attached hydrogen (secondary N) is 1. The number of amides is 1. The van der Waals surface area contributed by atoms with Crippen LogP contribution in [0, 0.1) is 13.8 Å². The molecule has 1 N–H and O–H groups in total. The van der Waals surface area contributed by atoms with E-state index < -0.39 is 0 Å². The Bertz CT molecular complexity index is 1210. The largest absolute Gasteiger partial charge is 0.326 e. The SMILES string of the molecule is Cc1nn(-c2ccc(Cl)cc2)c(C)c1CC(=O)Nc1ccc(Sc2nncn2C)cc1. The predicted molar refractivity (Wildman–Crippen MR) is 122 cm³/mol. The van der Waals surface area contributed by atoms with Crippen LogP contribution in [-0.4, -0.2) is 30.5 Å². The zero-order valence-corrected chi connectivity index (χ0v) is 18.9. The van der Waals surface area contributed by atoms with Crippen LogP contribution in [0.15, 0.2) is 64.9 Å². The summed E-state index contributed by atoms with van der Waals surface area (Å²) in [5.41, 5.74) is 4.34. The lowest BCUT2D eigenvalue weighted by Crippen LogP contribution is -2.15. The summed E-state index contributed by atoms with van der Waals surface area (Å²) in [5, 5.41) is 17.0. The fourth-order valence-electron chi connectivity index (χ4n) is 3.21. The van der Waals surface area contributed by atoms with Gasteiger partial charge in [0.2, 0.25) is 5.91 Å². The van der Waals surface area contributed by atoms with Gasteiger partial charge < -0.3 is 9.88 Å². The van der Waals surface area contributed by atoms with Crippen molar-refractivity contribution in [2.24, 2.45) is 7.05 Å². The summed E-state index contributed by atoms with van der Waals surface area (Å²) < 4.78 is 3.70. The average molecular weight is 453 g/mol. The van der Waals surface area contributed by atoms with Gasteiger partial charge in [-0.05, 0) is 74.1 Å². The average Bonchev–Trinajstić information content (AvgIpc) is 3.27. The summed E-state index contributed by atoms with van der Waals surface area (Å²) in [6.45, 7) is 3.89. The Morgan fingerprint density at radius 2 is 1.81 bits per heavy atom. The van der Waals surface area contributed by atoms with E-state index in [1.54, 1.807) is 6.33 Å². The van der Waals surface area contributed by atoms with Gasteiger partial charge in [-0.2, -0.15) is 5.10 Å². The van der Waals surface area contributed by atoms with Gasteiger partial charge in [0.1, 0.15) is 6.33 Å². The molecule has 158 valence electrons. The standard InChI is InChI=1S/C22H21ClN6OS/c1-14-20(15(2)29(27-14)18-8-4-16(23)5-9-18)12-21(30)25-17-6-10-19(11-7-17)31-22-26-24-13-28(22)3/h4-11,13H,12H2,1-3H3,(H,25,30). The fourth-order valence-corrected chi connectivity index (χ4v) is 4.10. The summed E-state index contributed by atoms with van der Waals surface area (Å²) in [5.74, 6) is -0.0874. The van der Waals surface area contributed by atoms with Crippen molar-refractivity contribution in [3.05, 3.63) is 76.8 Å². The molecule has 0 radical (unpaired) electrons. The van der Waals surface area contributed by atoms with Crippen molar-refractivity contribution in [2.45, 2.75) is 30.3 Å². The fraction of sp³-hybridized carbons (Fsp3) is 0.182. The van der Waals surface area contributed by atoms with E-state index in [9.17, 15) is 4.79 Å². The van der Waals surface area contributed by atoms with Gasteiger partial charge >= 0.3 is 0 Å². The summed E-state index contributed by atoms with van der Waals surface area (Å²) in [4.78, 5) is 13.7. The van der Waals surface area contributed by atoms with E-state index >= 15 is 0 Å². The molecule has 2 aromatic carbocycles. The summed E-state index contributed by atoms with van der Waals surface area (Å²) in [7, 11) is 1.90. The number of hydrogen-bond acceptors (Lipinski definition) is 5. The number of aryl methyl sites for hydroxylation is 2. The van der Waals surface area contributed by atoms with E-state index in [4.69, 9.17) is 11.6 Å². The van der Waals surface area contributed by atoms with E-state index in [0.29, 0.717) is 5.02 Å². The molecule has 0 unspecified atom stereocenters. The molecule has 4 aromatic rings. The van der Waals surface area contributed by atoms with Crippen molar-refractivity contribution in [3.8, 4) is 5.69 Å². The number of nitrogens with zero attached hydrogens (tertiary/aromatic N) is 5. The van der Waals surface area contributed by atoms with Crippen molar-refractivity contribution in [2.75, 3.05) is 5.32 Å². The van der Waals surface area contributed by atoms with Crippen molar-refractivity contribution in [3.63, 3.8) is 0 Å². The minimum Gasteiger partial charge on any atom is -0.326 e. The smallest absolute Gasteiger partial charge is 0.228 e. The first-order valence-corrected chi connectivity index (χ1v) is 10.8. The molecule has 1 amide bonds. The molecule has 31 heavy (non-hydrogen) atoms. The maximum atomic E-state index is 12.7. The van der Waals surface area contributed by atoms with Crippen LogP contribution in [0.1, 0.15) is 17.0 Å². The first-order chi connectivity index (χ1) is 14.9. The third-order valence-corrected chi connectivity index (χ3v) is 6.18. The summed E-state index contributed by atoms with van der Waals surface area (Å²) in [6.07, 6.45) is 1.91. The van der Waals surface area contributed by atoms with E-state index in [1.807, 2.05) is 78.7 Å². The first-order valence-electron chi connectivity index (χ1n) is 9.63. The van der Waals surface area contributed by atoms with Crippen LogP contribution in [0.4, 0.5) is 5.69 Å². The van der Waals surface area contributed by atoms with Crippen LogP contribution < -0.4 is 5.32 Å². The highest BCUT2D eigenvalue weighted by molar-refractivity contribution is 7.99. The van der Waals surface area contributed by atoms with Gasteiger partial charge in [-0.1, -0.05) is 11.6 Å². The van der Waals surface area contributed by atoms with Crippen molar-refractivity contribution in [1.82, 2.24) is 24.5 Å². The minimum atomic E-state index is -0.0874. The molecule has 0 aliphatic carbocycles. The van der Waals surface area contributed by atoms with Gasteiger partial charge in [0, 0.05) is 33.9 Å². The lowest BCUT2D eigenvalue weighted by atomic mass is 10.1. The highest BCUT2D eigenvalue weighted by Gasteiger charge is 2.16. The number of carbonyl (C=O) groups is 1. The molecular weight excluding hydrogens is 432 g/mol. The molecular formula is C22H21ClN6OS. The highest BCUT2D eigenvalue weighted by atomic mass is 35.5. The van der Waals surface area contributed by atoms with E-state index in [0.717, 1.165) is 38.4 Å². The van der Waals surface area contributed by atoms with Gasteiger partial charge in [0.05, 0.1) is 17.8 Å². The van der Waals surface area contributed by atoms with Gasteiger partial charge in [0.25, 0.3) is 0 Å². The van der Waals surface area contributed by atoms with Crippen molar-refractivity contribution < 1.29 is 4.79 Å². The molecule has 0 spiro atoms. The third-order valence-electron chi connectivity index (χ3n) is 4.87. The number of rotatable bonds is 6. The number of benzene rings is 2. The number of carbonyl (C=O) groups excluding carboxylic acids is 1. The van der Waals surface area contributed by atoms with Crippen LogP contribution in [-0.2, 0) is 18.3 Å². The van der Waals surface area contributed by atoms with Gasteiger partial charge in [0.15, 0.2) is 5.16 Å². The Morgan fingerprint density at radius 3 is 2.45 bits per heavy atom. The zero-order valence-electron chi connectivity index (χ0n) is 17.3. The second kappa shape index (κ2) is 8.95. The molecule has 2 heterocycles. The zero-order chi connectivity index (χ0) is 22.0. The Hall–Kier alpha value is -3.10. The Kier molecular flexibility index (Phi) is 6.11. The van der Waals surface area contributed by atoms with E-state index in [2.05, 4.69) is 20.6 Å². The quantitative estimate of drug-likeness (QED) is 0.462. The molecule has 0 saturated heterocycles. The normalized spacial score (nSPS) is 11.0. The van der Waals surface area contributed by atoms with Crippen LogP contribution in [0.5, 0.6) is 0 Å². The summed E-state index contributed by atoms with van der Waals surface area (Å²) >= 11 is 7.50. The van der Waals surface area contributed by atoms with Crippen LogP contribution in [0.3, 0.4) is 0 Å². The van der Waals surface area contributed by atoms with Crippen LogP contribution in [0.2, 0.25) is 5.02 Å². The minimum absolute atomic E-state index is 0.0874. The molecule has 0 aliphatic rings. The molecule has 0 bridgehead atoms. The van der Waals surface area contributed by atoms with Crippen molar-refractivity contribution >= 4 is 35.0 Å².